The molecule has 0 saturated heterocycles. The van der Waals surface area contributed by atoms with Gasteiger partial charge in [-0.25, -0.2) is 9.78 Å². The van der Waals surface area contributed by atoms with Gasteiger partial charge in [-0.2, -0.15) is 4.98 Å². The SMILES string of the molecule is Cc1cc(Nc2ccccc2C(=O)O)nc(Nc2cccc(O)c2)n1. The number of carbonyl (C=O) groups is 1. The topological polar surface area (TPSA) is 107 Å². The monoisotopic (exact) mass is 336 g/mol. The summed E-state index contributed by atoms with van der Waals surface area (Å²) in [6, 6.07) is 14.9. The number of aryl methyl sites for hydroxylation is 1. The second-order valence-corrected chi connectivity index (χ2v) is 5.37. The number of hydrogen-bond acceptors (Lipinski definition) is 6. The number of aromatic carboxylic acids is 1. The van der Waals surface area contributed by atoms with Crippen molar-refractivity contribution in [2.75, 3.05) is 10.6 Å². The van der Waals surface area contributed by atoms with E-state index in [9.17, 15) is 15.0 Å². The predicted molar refractivity (Wildman–Crippen MR) is 94.8 cm³/mol. The number of aromatic nitrogens is 2. The average molecular weight is 336 g/mol. The number of benzene rings is 2. The summed E-state index contributed by atoms with van der Waals surface area (Å²) in [5, 5.41) is 24.8. The van der Waals surface area contributed by atoms with Crippen LogP contribution in [0.15, 0.2) is 54.6 Å². The van der Waals surface area contributed by atoms with E-state index in [2.05, 4.69) is 20.6 Å². The highest BCUT2D eigenvalue weighted by Gasteiger charge is 2.10. The molecule has 0 saturated carbocycles. The molecule has 0 unspecified atom stereocenters. The first kappa shape index (κ1) is 16.3. The van der Waals surface area contributed by atoms with Crippen molar-refractivity contribution >= 4 is 29.1 Å². The smallest absolute Gasteiger partial charge is 0.337 e. The molecule has 0 radical (unpaired) electrons. The first-order valence-electron chi connectivity index (χ1n) is 7.52. The lowest BCUT2D eigenvalue weighted by Gasteiger charge is -2.11. The molecular weight excluding hydrogens is 320 g/mol. The van der Waals surface area contributed by atoms with Gasteiger partial charge in [0.05, 0.1) is 11.3 Å². The van der Waals surface area contributed by atoms with Gasteiger partial charge in [-0.15, -0.1) is 0 Å². The summed E-state index contributed by atoms with van der Waals surface area (Å²) in [6.45, 7) is 1.81. The third-order valence-electron chi connectivity index (χ3n) is 3.38. The Morgan fingerprint density at radius 3 is 2.56 bits per heavy atom. The van der Waals surface area contributed by atoms with Crippen molar-refractivity contribution in [1.82, 2.24) is 9.97 Å². The van der Waals surface area contributed by atoms with Gasteiger partial charge in [0, 0.05) is 23.5 Å². The fourth-order valence-corrected chi connectivity index (χ4v) is 2.32. The van der Waals surface area contributed by atoms with Crippen LogP contribution in [-0.4, -0.2) is 26.2 Å². The van der Waals surface area contributed by atoms with Crippen molar-refractivity contribution in [3.8, 4) is 5.75 Å². The van der Waals surface area contributed by atoms with Gasteiger partial charge in [-0.05, 0) is 31.2 Å². The molecule has 0 aliphatic heterocycles. The van der Waals surface area contributed by atoms with Crippen LogP contribution in [0, 0.1) is 6.92 Å². The minimum Gasteiger partial charge on any atom is -0.508 e. The summed E-state index contributed by atoms with van der Waals surface area (Å²) >= 11 is 0. The molecule has 1 heterocycles. The lowest BCUT2D eigenvalue weighted by Crippen LogP contribution is -2.05. The van der Waals surface area contributed by atoms with Gasteiger partial charge in [0.2, 0.25) is 5.95 Å². The summed E-state index contributed by atoms with van der Waals surface area (Å²) < 4.78 is 0. The fourth-order valence-electron chi connectivity index (χ4n) is 2.32. The van der Waals surface area contributed by atoms with Crippen LogP contribution in [0.25, 0.3) is 0 Å². The lowest BCUT2D eigenvalue weighted by molar-refractivity contribution is 0.0698. The number of nitrogens with one attached hydrogen (secondary N) is 2. The van der Waals surface area contributed by atoms with Crippen molar-refractivity contribution in [3.05, 3.63) is 65.9 Å². The molecule has 3 aromatic rings. The largest absolute Gasteiger partial charge is 0.508 e. The van der Waals surface area contributed by atoms with E-state index >= 15 is 0 Å². The highest BCUT2D eigenvalue weighted by atomic mass is 16.4. The number of phenolic OH excluding ortho intramolecular Hbond substituents is 1. The molecule has 0 atom stereocenters. The summed E-state index contributed by atoms with van der Waals surface area (Å²) in [5.41, 5.74) is 1.94. The molecule has 0 bridgehead atoms. The molecule has 0 amide bonds. The highest BCUT2D eigenvalue weighted by Crippen LogP contribution is 2.23. The second kappa shape index (κ2) is 6.88. The van der Waals surface area contributed by atoms with E-state index < -0.39 is 5.97 Å². The van der Waals surface area contributed by atoms with Crippen LogP contribution >= 0.6 is 0 Å². The number of rotatable bonds is 5. The van der Waals surface area contributed by atoms with Gasteiger partial charge >= 0.3 is 5.97 Å². The van der Waals surface area contributed by atoms with E-state index in [-0.39, 0.29) is 11.3 Å². The molecule has 3 rings (SSSR count). The summed E-state index contributed by atoms with van der Waals surface area (Å²) in [4.78, 5) is 20.0. The Kier molecular flexibility index (Phi) is 4.47. The number of aromatic hydroxyl groups is 1. The third-order valence-corrected chi connectivity index (χ3v) is 3.38. The van der Waals surface area contributed by atoms with E-state index in [0.717, 1.165) is 0 Å². The molecule has 2 aromatic carbocycles. The van der Waals surface area contributed by atoms with Crippen LogP contribution in [-0.2, 0) is 0 Å². The van der Waals surface area contributed by atoms with Crippen molar-refractivity contribution in [1.29, 1.82) is 0 Å². The van der Waals surface area contributed by atoms with Crippen LogP contribution < -0.4 is 10.6 Å². The van der Waals surface area contributed by atoms with Crippen molar-refractivity contribution in [3.63, 3.8) is 0 Å². The summed E-state index contributed by atoms with van der Waals surface area (Å²) in [6.07, 6.45) is 0. The molecule has 0 spiro atoms. The van der Waals surface area contributed by atoms with Gasteiger partial charge in [0.1, 0.15) is 11.6 Å². The molecular formula is C18H16N4O3. The number of carboxylic acids is 1. The Morgan fingerprint density at radius 1 is 1.00 bits per heavy atom. The molecule has 7 nitrogen and oxygen atoms in total. The van der Waals surface area contributed by atoms with E-state index in [1.807, 2.05) is 6.92 Å². The molecule has 0 fully saturated rings. The Bertz CT molecular complexity index is 928. The minimum absolute atomic E-state index is 0.131. The van der Waals surface area contributed by atoms with Gasteiger partial charge in [-0.3, -0.25) is 0 Å². The Balaban J connectivity index is 1.88. The van der Waals surface area contributed by atoms with Crippen molar-refractivity contribution < 1.29 is 15.0 Å². The molecule has 4 N–H and O–H groups in total. The zero-order chi connectivity index (χ0) is 17.8. The van der Waals surface area contributed by atoms with E-state index in [1.165, 1.54) is 6.07 Å². The Morgan fingerprint density at radius 2 is 1.80 bits per heavy atom. The highest BCUT2D eigenvalue weighted by molar-refractivity contribution is 5.95. The average Bonchev–Trinajstić information content (AvgIpc) is 2.54. The van der Waals surface area contributed by atoms with Gasteiger partial charge in [0.15, 0.2) is 0 Å². The standard InChI is InChI=1S/C18H16N4O3/c1-11-9-16(21-15-8-3-2-7-14(15)17(24)25)22-18(19-11)20-12-5-4-6-13(23)10-12/h2-10,23H,1H3,(H,24,25)(H2,19,20,21,22). The first-order valence-corrected chi connectivity index (χ1v) is 7.52. The van der Waals surface area contributed by atoms with E-state index in [0.29, 0.717) is 28.8 Å². The molecule has 0 aliphatic rings. The maximum absolute atomic E-state index is 11.3. The Hall–Kier alpha value is -3.61. The quantitative estimate of drug-likeness (QED) is 0.563. The van der Waals surface area contributed by atoms with E-state index in [1.54, 1.807) is 48.5 Å². The number of para-hydroxylation sites is 1. The minimum atomic E-state index is -1.02. The summed E-state index contributed by atoms with van der Waals surface area (Å²) in [7, 11) is 0. The zero-order valence-electron chi connectivity index (χ0n) is 13.4. The van der Waals surface area contributed by atoms with Crippen LogP contribution in [0.3, 0.4) is 0 Å². The number of carboxylic acid groups (broad SMARTS) is 1. The zero-order valence-corrected chi connectivity index (χ0v) is 13.4. The number of phenols is 1. The van der Waals surface area contributed by atoms with E-state index in [4.69, 9.17) is 0 Å². The van der Waals surface area contributed by atoms with Gasteiger partial charge < -0.3 is 20.8 Å². The van der Waals surface area contributed by atoms with Crippen LogP contribution in [0.5, 0.6) is 5.75 Å². The normalized spacial score (nSPS) is 10.3. The van der Waals surface area contributed by atoms with Crippen LogP contribution in [0.1, 0.15) is 16.1 Å². The molecule has 1 aromatic heterocycles. The third kappa shape index (κ3) is 4.03. The molecule has 7 heteroatoms. The van der Waals surface area contributed by atoms with Crippen LogP contribution in [0.4, 0.5) is 23.1 Å². The van der Waals surface area contributed by atoms with Crippen molar-refractivity contribution in [2.45, 2.75) is 6.92 Å². The lowest BCUT2D eigenvalue weighted by atomic mass is 10.2. The maximum atomic E-state index is 11.3. The maximum Gasteiger partial charge on any atom is 0.337 e. The number of hydrogen-bond donors (Lipinski definition) is 4. The molecule has 25 heavy (non-hydrogen) atoms. The van der Waals surface area contributed by atoms with Crippen molar-refractivity contribution in [2.24, 2.45) is 0 Å². The number of nitrogens with zero attached hydrogens (tertiary/aromatic N) is 2. The second-order valence-electron chi connectivity index (χ2n) is 5.37. The first-order chi connectivity index (χ1) is 12.0. The predicted octanol–water partition coefficient (Wildman–Crippen LogP) is 3.68. The summed E-state index contributed by atoms with van der Waals surface area (Å²) in [5.74, 6) is -0.0943. The Labute approximate surface area is 144 Å². The van der Waals surface area contributed by atoms with Crippen LogP contribution in [0.2, 0.25) is 0 Å². The number of anilines is 4. The van der Waals surface area contributed by atoms with Gasteiger partial charge in [-0.1, -0.05) is 18.2 Å². The molecule has 0 aliphatic carbocycles. The molecule has 126 valence electrons. The fraction of sp³-hybridized carbons (Fsp3) is 0.0556. The van der Waals surface area contributed by atoms with Gasteiger partial charge in [0.25, 0.3) is 0 Å².